The number of anilines is 2. The number of carbonyl (C=O) groups is 2. The van der Waals surface area contributed by atoms with E-state index in [0.717, 1.165) is 49.3 Å². The summed E-state index contributed by atoms with van der Waals surface area (Å²) in [6.07, 6.45) is 5.83. The maximum Gasteiger partial charge on any atom is 0.258 e. The van der Waals surface area contributed by atoms with E-state index in [4.69, 9.17) is 0 Å². The normalized spacial score (nSPS) is 16.5. The second-order valence-corrected chi connectivity index (χ2v) is 10.1. The highest BCUT2D eigenvalue weighted by Crippen LogP contribution is 2.38. The number of nitrogens with zero attached hydrogens (tertiary/aromatic N) is 1. The van der Waals surface area contributed by atoms with Crippen LogP contribution in [0.1, 0.15) is 66.1 Å². The summed E-state index contributed by atoms with van der Waals surface area (Å²) in [6, 6.07) is 23.7. The van der Waals surface area contributed by atoms with Crippen LogP contribution >= 0.6 is 0 Å². The molecule has 2 aliphatic heterocycles. The Kier molecular flexibility index (Phi) is 8.19. The first-order valence-electron chi connectivity index (χ1n) is 13.7. The minimum atomic E-state index is -0.184. The van der Waals surface area contributed by atoms with Gasteiger partial charge in [-0.1, -0.05) is 62.2 Å². The lowest BCUT2D eigenvalue weighted by molar-refractivity contribution is -0.110. The molecule has 0 aromatic heterocycles. The average Bonchev–Trinajstić information content (AvgIpc) is 3.28. The van der Waals surface area contributed by atoms with Crippen LogP contribution in [0.25, 0.3) is 11.3 Å². The van der Waals surface area contributed by atoms with Gasteiger partial charge in [0.2, 0.25) is 0 Å². The molecule has 1 saturated heterocycles. The third kappa shape index (κ3) is 5.97. The molecule has 0 radical (unpaired) electrons. The first-order chi connectivity index (χ1) is 18.6. The lowest BCUT2D eigenvalue weighted by atomic mass is 9.98. The summed E-state index contributed by atoms with van der Waals surface area (Å²) in [7, 11) is 0. The molecule has 0 bridgehead atoms. The maximum absolute atomic E-state index is 13.3. The summed E-state index contributed by atoms with van der Waals surface area (Å²) >= 11 is 0. The van der Waals surface area contributed by atoms with Gasteiger partial charge in [-0.05, 0) is 73.8 Å². The van der Waals surface area contributed by atoms with Gasteiger partial charge in [-0.15, -0.1) is 0 Å². The standard InChI is InChI=1S/C32H36N4O2/c1-2-3-18-33-31(37)25-14-17-28-27(21-25)29(32(38)35-28)30(24-10-6-4-7-11-24)34-26-15-12-23(13-16-26)22-36-19-8-5-9-20-36/h4,6-7,10-17,21,34H,2-3,5,8-9,18-20,22H2,1H3,(H,33,37)(H,35,38). The van der Waals surface area contributed by atoms with Gasteiger partial charge in [-0.2, -0.15) is 0 Å². The molecule has 0 spiro atoms. The van der Waals surface area contributed by atoms with Gasteiger partial charge in [0.25, 0.3) is 11.8 Å². The van der Waals surface area contributed by atoms with Crippen LogP contribution in [0.4, 0.5) is 11.4 Å². The smallest absolute Gasteiger partial charge is 0.258 e. The van der Waals surface area contributed by atoms with Crippen molar-refractivity contribution < 1.29 is 9.59 Å². The van der Waals surface area contributed by atoms with E-state index < -0.39 is 0 Å². The first-order valence-corrected chi connectivity index (χ1v) is 13.7. The summed E-state index contributed by atoms with van der Waals surface area (Å²) in [4.78, 5) is 28.6. The molecule has 38 heavy (non-hydrogen) atoms. The van der Waals surface area contributed by atoms with Crippen molar-refractivity contribution in [2.75, 3.05) is 30.3 Å². The molecule has 3 N–H and O–H groups in total. The summed E-state index contributed by atoms with van der Waals surface area (Å²) in [6.45, 7) is 6.02. The number of hydrogen-bond acceptors (Lipinski definition) is 4. The molecule has 0 atom stereocenters. The van der Waals surface area contributed by atoms with E-state index in [1.54, 1.807) is 6.07 Å². The molecule has 2 heterocycles. The largest absolute Gasteiger partial charge is 0.354 e. The summed E-state index contributed by atoms with van der Waals surface area (Å²) < 4.78 is 0. The SMILES string of the molecule is CCCCNC(=O)c1ccc2c(c1)C(=C(Nc1ccc(CN3CCCCC3)cc1)c1ccccc1)C(=O)N2. The van der Waals surface area contributed by atoms with Crippen molar-refractivity contribution in [1.82, 2.24) is 10.2 Å². The Morgan fingerprint density at radius 2 is 1.68 bits per heavy atom. The van der Waals surface area contributed by atoms with Gasteiger partial charge in [0, 0.05) is 35.6 Å². The highest BCUT2D eigenvalue weighted by atomic mass is 16.2. The van der Waals surface area contributed by atoms with Crippen LogP contribution in [0.2, 0.25) is 0 Å². The van der Waals surface area contributed by atoms with E-state index >= 15 is 0 Å². The average molecular weight is 509 g/mol. The molecular weight excluding hydrogens is 472 g/mol. The minimum absolute atomic E-state index is 0.126. The number of piperidine rings is 1. The predicted molar refractivity (Wildman–Crippen MR) is 155 cm³/mol. The topological polar surface area (TPSA) is 73.5 Å². The van der Waals surface area contributed by atoms with Gasteiger partial charge in [0.15, 0.2) is 0 Å². The zero-order chi connectivity index (χ0) is 26.3. The Balaban J connectivity index is 1.46. The molecule has 196 valence electrons. The zero-order valence-electron chi connectivity index (χ0n) is 22.1. The fourth-order valence-corrected chi connectivity index (χ4v) is 5.13. The van der Waals surface area contributed by atoms with Gasteiger partial charge in [0.1, 0.15) is 0 Å². The Hall–Kier alpha value is -3.90. The Labute approximate surface area is 225 Å². The molecular formula is C32H36N4O2. The molecule has 0 aliphatic carbocycles. The summed E-state index contributed by atoms with van der Waals surface area (Å²) in [5.41, 5.74) is 6.33. The molecule has 3 aromatic rings. The lowest BCUT2D eigenvalue weighted by Crippen LogP contribution is -2.29. The second-order valence-electron chi connectivity index (χ2n) is 10.1. The number of amides is 2. The van der Waals surface area contributed by atoms with Crippen molar-refractivity contribution >= 4 is 34.5 Å². The van der Waals surface area contributed by atoms with E-state index in [1.807, 2.05) is 42.5 Å². The van der Waals surface area contributed by atoms with Gasteiger partial charge in [-0.25, -0.2) is 0 Å². The number of hydrogen-bond donors (Lipinski definition) is 3. The van der Waals surface area contributed by atoms with Crippen LogP contribution < -0.4 is 16.0 Å². The van der Waals surface area contributed by atoms with Crippen LogP contribution in [0.5, 0.6) is 0 Å². The van der Waals surface area contributed by atoms with Crippen molar-refractivity contribution in [2.45, 2.75) is 45.6 Å². The molecule has 0 saturated carbocycles. The fourth-order valence-electron chi connectivity index (χ4n) is 5.13. The molecule has 0 unspecified atom stereocenters. The molecule has 2 aliphatic rings. The zero-order valence-corrected chi connectivity index (χ0v) is 22.1. The van der Waals surface area contributed by atoms with Gasteiger partial charge in [-0.3, -0.25) is 14.5 Å². The van der Waals surface area contributed by atoms with E-state index in [0.29, 0.717) is 29.1 Å². The molecule has 5 rings (SSSR count). The van der Waals surface area contributed by atoms with Gasteiger partial charge < -0.3 is 16.0 Å². The van der Waals surface area contributed by atoms with E-state index in [-0.39, 0.29) is 11.8 Å². The monoisotopic (exact) mass is 508 g/mol. The van der Waals surface area contributed by atoms with Crippen molar-refractivity contribution in [3.63, 3.8) is 0 Å². The van der Waals surface area contributed by atoms with Crippen molar-refractivity contribution in [3.8, 4) is 0 Å². The Morgan fingerprint density at radius 3 is 2.42 bits per heavy atom. The van der Waals surface area contributed by atoms with E-state index in [1.165, 1.54) is 24.8 Å². The van der Waals surface area contributed by atoms with Gasteiger partial charge >= 0.3 is 0 Å². The van der Waals surface area contributed by atoms with Crippen LogP contribution in [-0.4, -0.2) is 36.3 Å². The van der Waals surface area contributed by atoms with Crippen molar-refractivity contribution in [1.29, 1.82) is 0 Å². The summed E-state index contributed by atoms with van der Waals surface area (Å²) in [5.74, 6) is -0.310. The molecule has 2 amide bonds. The van der Waals surface area contributed by atoms with E-state index in [2.05, 4.69) is 52.0 Å². The molecule has 6 nitrogen and oxygen atoms in total. The van der Waals surface area contributed by atoms with Crippen LogP contribution in [0.3, 0.4) is 0 Å². The third-order valence-electron chi connectivity index (χ3n) is 7.23. The number of fused-ring (bicyclic) bond motifs is 1. The molecule has 3 aromatic carbocycles. The summed E-state index contributed by atoms with van der Waals surface area (Å²) in [5, 5.41) is 9.49. The van der Waals surface area contributed by atoms with Crippen molar-refractivity contribution in [3.05, 3.63) is 95.1 Å². The fraction of sp³-hybridized carbons (Fsp3) is 0.312. The first kappa shape index (κ1) is 25.7. The number of carbonyl (C=O) groups excluding carboxylic acids is 2. The third-order valence-corrected chi connectivity index (χ3v) is 7.23. The van der Waals surface area contributed by atoms with Crippen molar-refractivity contribution in [2.24, 2.45) is 0 Å². The van der Waals surface area contributed by atoms with Crippen LogP contribution in [0, 0.1) is 0 Å². The quantitative estimate of drug-likeness (QED) is 0.240. The predicted octanol–water partition coefficient (Wildman–Crippen LogP) is 6.13. The Bertz CT molecular complexity index is 1310. The highest BCUT2D eigenvalue weighted by Gasteiger charge is 2.29. The number of nitrogens with one attached hydrogen (secondary N) is 3. The van der Waals surface area contributed by atoms with Crippen LogP contribution in [0.15, 0.2) is 72.8 Å². The van der Waals surface area contributed by atoms with Crippen LogP contribution in [-0.2, 0) is 11.3 Å². The molecule has 6 heteroatoms. The number of unbranched alkanes of at least 4 members (excludes halogenated alkanes) is 1. The van der Waals surface area contributed by atoms with E-state index in [9.17, 15) is 9.59 Å². The maximum atomic E-state index is 13.3. The minimum Gasteiger partial charge on any atom is -0.354 e. The number of rotatable bonds is 9. The highest BCUT2D eigenvalue weighted by molar-refractivity contribution is 6.37. The lowest BCUT2D eigenvalue weighted by Gasteiger charge is -2.26. The number of likely N-dealkylation sites (tertiary alicyclic amines) is 1. The number of benzene rings is 3. The van der Waals surface area contributed by atoms with Gasteiger partial charge in [0.05, 0.1) is 11.3 Å². The molecule has 1 fully saturated rings. The second kappa shape index (κ2) is 12.1. The Morgan fingerprint density at radius 1 is 0.921 bits per heavy atom.